The average molecular weight is 1350 g/mol. The molecule has 0 saturated heterocycles. The van der Waals surface area contributed by atoms with Crippen molar-refractivity contribution in [3.8, 4) is 11.1 Å². The Labute approximate surface area is 585 Å². The number of ketones is 4. The third-order valence-electron chi connectivity index (χ3n) is 19.7. The van der Waals surface area contributed by atoms with Gasteiger partial charge in [-0.05, 0) is 198 Å². The number of hydrogen-bond donors (Lipinski definition) is 0. The lowest BCUT2D eigenvalue weighted by Gasteiger charge is -2.30. The number of hydrogen-bond acceptors (Lipinski definition) is 8. The highest BCUT2D eigenvalue weighted by molar-refractivity contribution is 6.44. The van der Waals surface area contributed by atoms with Crippen molar-refractivity contribution in [2.45, 2.75) is 41.5 Å². The van der Waals surface area contributed by atoms with Crippen LogP contribution in [0.5, 0.6) is 0 Å². The summed E-state index contributed by atoms with van der Waals surface area (Å²) in [7, 11) is 0. The second-order valence-corrected chi connectivity index (χ2v) is 27.6. The van der Waals surface area contributed by atoms with Gasteiger partial charge in [-0.3, -0.25) is 38.8 Å². The highest BCUT2D eigenvalue weighted by Crippen LogP contribution is 2.58. The quantitative estimate of drug-likeness (QED) is 0.115. The van der Waals surface area contributed by atoms with Crippen molar-refractivity contribution < 1.29 is 19.2 Å². The van der Waals surface area contributed by atoms with Crippen LogP contribution in [0.25, 0.3) is 65.0 Å². The van der Waals surface area contributed by atoms with Gasteiger partial charge in [0.2, 0.25) is 0 Å². The van der Waals surface area contributed by atoms with E-state index in [0.29, 0.717) is 70.9 Å². The van der Waals surface area contributed by atoms with E-state index < -0.39 is 0 Å². The van der Waals surface area contributed by atoms with Gasteiger partial charge in [-0.1, -0.05) is 197 Å². The molecule has 2 heterocycles. The van der Waals surface area contributed by atoms with Crippen LogP contribution in [0.3, 0.4) is 0 Å². The summed E-state index contributed by atoms with van der Waals surface area (Å²) in [5.74, 6) is -0.214. The number of anilines is 8. The highest BCUT2D eigenvalue weighted by Gasteiger charge is 2.42. The molecule has 472 valence electrons. The first-order valence-electron chi connectivity index (χ1n) is 32.3. The Balaban J connectivity index is 0.815. The van der Waals surface area contributed by atoms with Crippen LogP contribution in [0, 0.1) is 41.5 Å². The zero-order chi connectivity index (χ0) is 67.4. The van der Waals surface area contributed by atoms with Crippen molar-refractivity contribution >= 4 is 169 Å². The van der Waals surface area contributed by atoms with Crippen LogP contribution in [0.15, 0.2) is 253 Å². The van der Waals surface area contributed by atoms with Crippen molar-refractivity contribution in [3.63, 3.8) is 0 Å². The average Bonchev–Trinajstić information content (AvgIpc) is 1.55. The summed E-state index contributed by atoms with van der Waals surface area (Å²) in [6, 6.07) is 67.7. The predicted octanol–water partition coefficient (Wildman–Crippen LogP) is 23.9. The van der Waals surface area contributed by atoms with Gasteiger partial charge in [0.15, 0.2) is 23.1 Å². The third-order valence-corrected chi connectivity index (χ3v) is 20.9. The standard InChI is InChI=1S/C86H56Cl4N4O4/c1-45-31-47(3)79(48(4)32-45)92-75-40-53-17-9-10-18-54(53)41-76(75)93(80-49(5)33-46(2)34-50(80)6)78(92)30-27-64-85(97)67-38-56-24-23-55(35-58(56)39-68(67)86(64)98)57-25-28-73-74(42-57)94(82-62-22-14-12-20-60(62)70(88)44-72(82)90)77(91(73)81-61-21-13-11-19-59(61)69(87)43-71(81)89)29-26-63-83(95)65-36-51-15-7-8-16-52(51)37-66(65)84(63)96/h7-44H,1-6H3/b64-27-,77-29-. The van der Waals surface area contributed by atoms with E-state index in [1.54, 1.807) is 42.5 Å². The molecule has 98 heavy (non-hydrogen) atoms. The maximum absolute atomic E-state index is 15.2. The van der Waals surface area contributed by atoms with Gasteiger partial charge < -0.3 is 0 Å². The van der Waals surface area contributed by atoms with Crippen LogP contribution in [0.4, 0.5) is 45.5 Å². The van der Waals surface area contributed by atoms with Crippen LogP contribution >= 0.6 is 46.4 Å². The van der Waals surface area contributed by atoms with Crippen molar-refractivity contribution in [1.82, 2.24) is 0 Å². The van der Waals surface area contributed by atoms with E-state index in [1.165, 1.54) is 0 Å². The molecule has 0 amide bonds. The van der Waals surface area contributed by atoms with Crippen molar-refractivity contribution in [2.75, 3.05) is 19.6 Å². The zero-order valence-corrected chi connectivity index (χ0v) is 56.9. The topological polar surface area (TPSA) is 81.2 Å². The second-order valence-electron chi connectivity index (χ2n) is 25.9. The normalized spacial score (nSPS) is 15.0. The van der Waals surface area contributed by atoms with Crippen LogP contribution < -0.4 is 19.6 Å². The number of carbonyl (C=O) groups is 4. The minimum absolute atomic E-state index is 0.000543. The summed E-state index contributed by atoms with van der Waals surface area (Å²) in [6.45, 7) is 12.8. The summed E-state index contributed by atoms with van der Waals surface area (Å²) in [5, 5.41) is 9.96. The molecule has 0 atom stereocenters. The number of nitrogens with zero attached hydrogens (tertiary/aromatic N) is 4. The van der Waals surface area contributed by atoms with Gasteiger partial charge in [0, 0.05) is 43.8 Å². The van der Waals surface area contributed by atoms with Gasteiger partial charge in [-0.25, -0.2) is 0 Å². The first-order chi connectivity index (χ1) is 47.4. The van der Waals surface area contributed by atoms with Crippen LogP contribution in [0.2, 0.25) is 20.1 Å². The molecule has 0 N–H and O–H groups in total. The number of Topliss-reactive ketones (excluding diaryl/α,β-unsaturated/α-hetero) is 4. The zero-order valence-electron chi connectivity index (χ0n) is 53.9. The Kier molecular flexibility index (Phi) is 14.2. The van der Waals surface area contributed by atoms with Gasteiger partial charge in [0.1, 0.15) is 11.6 Å². The van der Waals surface area contributed by atoms with Crippen molar-refractivity contribution in [2.24, 2.45) is 0 Å². The van der Waals surface area contributed by atoms with Gasteiger partial charge in [-0.2, -0.15) is 0 Å². The lowest BCUT2D eigenvalue weighted by atomic mass is 9.97. The fraction of sp³-hybridized carbons (Fsp3) is 0.0698. The predicted molar refractivity (Wildman–Crippen MR) is 405 cm³/mol. The van der Waals surface area contributed by atoms with Crippen LogP contribution in [0.1, 0.15) is 74.8 Å². The van der Waals surface area contributed by atoms with E-state index in [2.05, 4.69) is 118 Å². The summed E-state index contributed by atoms with van der Waals surface area (Å²) >= 11 is 29.0. The van der Waals surface area contributed by atoms with Crippen LogP contribution in [-0.4, -0.2) is 23.1 Å². The molecule has 0 saturated carbocycles. The summed E-state index contributed by atoms with van der Waals surface area (Å²) in [5.41, 5.74) is 16.2. The van der Waals surface area contributed by atoms with Gasteiger partial charge in [0.05, 0.1) is 76.7 Å². The molecule has 12 heteroatoms. The highest BCUT2D eigenvalue weighted by atomic mass is 35.5. The second kappa shape index (κ2) is 22.9. The first-order valence-corrected chi connectivity index (χ1v) is 33.8. The van der Waals surface area contributed by atoms with Gasteiger partial charge >= 0.3 is 0 Å². The Morgan fingerprint density at radius 2 is 0.602 bits per heavy atom. The monoisotopic (exact) mass is 1350 g/mol. The number of rotatable bonds is 7. The van der Waals surface area contributed by atoms with E-state index >= 15 is 4.79 Å². The SMILES string of the molecule is Cc1cc(C)c(N2C(=C/C=C3/C(=O)c4cc5ccc(-c6ccc7c(c6)N(c6c(Cl)cc(Cl)c8ccccc68)/C(=C\C=C6C(=O)c8cc9ccccc9cc8C6=O)N7c6c(Cl)cc(Cl)c7ccccc67)cc5cc4C3=O)N(c3c(C)cc(C)cc3C)c3cc4ccccc4cc32)c(C)c1. The summed E-state index contributed by atoms with van der Waals surface area (Å²) in [6.07, 6.45) is 7.05. The van der Waals surface area contributed by atoms with Crippen LogP contribution in [-0.2, 0) is 0 Å². The minimum Gasteiger partial charge on any atom is -0.293 e. The summed E-state index contributed by atoms with van der Waals surface area (Å²) in [4.78, 5) is 67.9. The molecule has 17 rings (SSSR count). The Morgan fingerprint density at radius 3 is 1.03 bits per heavy atom. The van der Waals surface area contributed by atoms with E-state index in [9.17, 15) is 14.4 Å². The molecule has 0 spiro atoms. The lowest BCUT2D eigenvalue weighted by molar-refractivity contribution is 0.0973. The smallest absolute Gasteiger partial charge is 0.197 e. The number of aryl methyl sites for hydroxylation is 6. The Bertz CT molecular complexity index is 5810. The molecule has 2 aliphatic carbocycles. The van der Waals surface area contributed by atoms with E-state index in [1.807, 2.05) is 131 Å². The molecule has 13 aromatic carbocycles. The molecular weight excluding hydrogens is 1290 g/mol. The minimum atomic E-state index is -0.388. The first kappa shape index (κ1) is 60.8. The molecule has 8 nitrogen and oxygen atoms in total. The number of halogens is 4. The molecule has 0 bridgehead atoms. The van der Waals surface area contributed by atoms with E-state index in [0.717, 1.165) is 127 Å². The third kappa shape index (κ3) is 9.41. The number of allylic oxidation sites excluding steroid dienone is 6. The molecular formula is C86H56Cl4N4O4. The van der Waals surface area contributed by atoms with Gasteiger partial charge in [0.25, 0.3) is 0 Å². The summed E-state index contributed by atoms with van der Waals surface area (Å²) < 4.78 is 0. The number of benzene rings is 13. The lowest BCUT2D eigenvalue weighted by Crippen LogP contribution is -2.24. The molecule has 4 aliphatic rings. The molecule has 0 unspecified atom stereocenters. The fourth-order valence-electron chi connectivity index (χ4n) is 15.5. The molecule has 0 fully saturated rings. The molecule has 0 aromatic heterocycles. The molecule has 2 aliphatic heterocycles. The maximum Gasteiger partial charge on any atom is 0.197 e. The van der Waals surface area contributed by atoms with E-state index in [-0.39, 0.29) is 34.3 Å². The van der Waals surface area contributed by atoms with Gasteiger partial charge in [-0.15, -0.1) is 0 Å². The largest absolute Gasteiger partial charge is 0.293 e. The molecule has 13 aromatic rings. The maximum atomic E-state index is 15.2. The fourth-order valence-corrected chi connectivity index (χ4v) is 16.8. The Morgan fingerprint density at radius 1 is 0.276 bits per heavy atom. The molecule has 0 radical (unpaired) electrons. The van der Waals surface area contributed by atoms with Crippen molar-refractivity contribution in [3.05, 3.63) is 329 Å². The van der Waals surface area contributed by atoms with E-state index in [4.69, 9.17) is 46.4 Å². The van der Waals surface area contributed by atoms with Crippen molar-refractivity contribution in [1.29, 1.82) is 0 Å². The number of carbonyl (C=O) groups excluding carboxylic acids is 4. The number of fused-ring (bicyclic) bond motifs is 9. The Hall–Kier alpha value is -10.8.